The Bertz CT molecular complexity index is 207. The molecule has 0 amide bonds. The van der Waals surface area contributed by atoms with Crippen LogP contribution < -0.4 is 0 Å². The number of fused-ring (bicyclic) bond motifs is 1. The van der Waals surface area contributed by atoms with Crippen molar-refractivity contribution in [3.05, 3.63) is 0 Å². The summed E-state index contributed by atoms with van der Waals surface area (Å²) < 4.78 is 5.62. The van der Waals surface area contributed by atoms with E-state index in [0.29, 0.717) is 5.60 Å². The van der Waals surface area contributed by atoms with Crippen molar-refractivity contribution < 1.29 is 4.74 Å². The highest BCUT2D eigenvalue weighted by Gasteiger charge is 2.51. The summed E-state index contributed by atoms with van der Waals surface area (Å²) in [6, 6.07) is 0. The molecule has 3 fully saturated rings. The summed E-state index contributed by atoms with van der Waals surface area (Å²) in [7, 11) is 0. The Morgan fingerprint density at radius 1 is 1.23 bits per heavy atom. The van der Waals surface area contributed by atoms with Gasteiger partial charge in [-0.1, -0.05) is 26.2 Å². The lowest BCUT2D eigenvalue weighted by Gasteiger charge is -2.42. The van der Waals surface area contributed by atoms with Gasteiger partial charge in [-0.3, -0.25) is 0 Å². The molecule has 2 saturated carbocycles. The van der Waals surface area contributed by atoms with Crippen LogP contribution in [0.3, 0.4) is 0 Å². The van der Waals surface area contributed by atoms with Gasteiger partial charge in [0.2, 0.25) is 0 Å². The highest BCUT2D eigenvalue weighted by molar-refractivity contribution is 5.01. The fourth-order valence-electron chi connectivity index (χ4n) is 3.74. The zero-order chi connectivity index (χ0) is 8.89. The lowest BCUT2D eigenvalue weighted by molar-refractivity contribution is 0.0652. The van der Waals surface area contributed by atoms with Crippen molar-refractivity contribution in [2.45, 2.75) is 51.0 Å². The van der Waals surface area contributed by atoms with Crippen LogP contribution in [0.2, 0.25) is 0 Å². The van der Waals surface area contributed by atoms with Gasteiger partial charge in [0.15, 0.2) is 0 Å². The molecule has 1 nitrogen and oxygen atoms in total. The molecule has 4 unspecified atom stereocenters. The van der Waals surface area contributed by atoms with Gasteiger partial charge in [0.1, 0.15) is 0 Å². The van der Waals surface area contributed by atoms with E-state index in [2.05, 4.69) is 6.92 Å². The van der Waals surface area contributed by atoms with E-state index in [-0.39, 0.29) is 0 Å². The molecule has 3 aliphatic rings. The van der Waals surface area contributed by atoms with Crippen LogP contribution in [0.25, 0.3) is 0 Å². The molecule has 2 aliphatic carbocycles. The number of hydrogen-bond acceptors (Lipinski definition) is 1. The third kappa shape index (κ3) is 1.32. The Hall–Kier alpha value is -0.0400. The molecule has 1 saturated heterocycles. The zero-order valence-electron chi connectivity index (χ0n) is 8.59. The van der Waals surface area contributed by atoms with Crippen molar-refractivity contribution >= 4 is 0 Å². The van der Waals surface area contributed by atoms with Crippen LogP contribution in [0.5, 0.6) is 0 Å². The van der Waals surface area contributed by atoms with Gasteiger partial charge in [-0.15, -0.1) is 0 Å². The molecule has 0 aromatic carbocycles. The largest absolute Gasteiger partial charge is 0.370 e. The molecular formula is C12H20O. The Labute approximate surface area is 80.8 Å². The maximum atomic E-state index is 5.62. The summed E-state index contributed by atoms with van der Waals surface area (Å²) in [5, 5.41) is 0. The van der Waals surface area contributed by atoms with E-state index in [1.807, 2.05) is 0 Å². The summed E-state index contributed by atoms with van der Waals surface area (Å²) >= 11 is 0. The second-order valence-corrected chi connectivity index (χ2v) is 5.55. The molecule has 0 radical (unpaired) electrons. The zero-order valence-corrected chi connectivity index (χ0v) is 8.59. The van der Waals surface area contributed by atoms with Crippen LogP contribution in [-0.4, -0.2) is 12.2 Å². The molecular weight excluding hydrogens is 160 g/mol. The van der Waals surface area contributed by atoms with Crippen LogP contribution in [-0.2, 0) is 4.74 Å². The molecule has 0 aromatic heterocycles. The quantitative estimate of drug-likeness (QED) is 0.522. The second kappa shape index (κ2) is 2.73. The average molecular weight is 180 g/mol. The van der Waals surface area contributed by atoms with E-state index in [0.717, 1.165) is 24.4 Å². The van der Waals surface area contributed by atoms with Crippen molar-refractivity contribution in [3.63, 3.8) is 0 Å². The highest BCUT2D eigenvalue weighted by Crippen LogP contribution is 2.52. The Balaban J connectivity index is 1.73. The number of hydrogen-bond donors (Lipinski definition) is 0. The van der Waals surface area contributed by atoms with E-state index >= 15 is 0 Å². The third-order valence-electron chi connectivity index (χ3n) is 4.69. The van der Waals surface area contributed by atoms with E-state index in [4.69, 9.17) is 4.74 Å². The Kier molecular flexibility index (Phi) is 1.74. The Morgan fingerprint density at radius 3 is 2.85 bits per heavy atom. The van der Waals surface area contributed by atoms with Gasteiger partial charge in [0.25, 0.3) is 0 Å². The molecule has 0 N–H and O–H groups in total. The molecule has 3 rings (SSSR count). The molecule has 1 aliphatic heterocycles. The maximum Gasteiger partial charge on any atom is 0.0919 e. The summed E-state index contributed by atoms with van der Waals surface area (Å²) in [6.45, 7) is 3.53. The molecule has 13 heavy (non-hydrogen) atoms. The standard InChI is InChI=1S/C12H20O/c1-9-3-2-4-10-7-12(8-13-12)6-5-11(9)10/h9-11H,2-8H2,1H3. The smallest absolute Gasteiger partial charge is 0.0919 e. The second-order valence-electron chi connectivity index (χ2n) is 5.55. The minimum absolute atomic E-state index is 0.401. The first-order valence-electron chi connectivity index (χ1n) is 5.93. The minimum Gasteiger partial charge on any atom is -0.370 e. The van der Waals surface area contributed by atoms with Crippen LogP contribution in [0.1, 0.15) is 45.4 Å². The predicted molar refractivity (Wildman–Crippen MR) is 52.5 cm³/mol. The van der Waals surface area contributed by atoms with Crippen molar-refractivity contribution in [1.29, 1.82) is 0 Å². The van der Waals surface area contributed by atoms with Gasteiger partial charge in [-0.05, 0) is 37.0 Å². The average Bonchev–Trinajstić information content (AvgIpc) is 2.85. The lowest BCUT2D eigenvalue weighted by Crippen LogP contribution is -2.36. The van der Waals surface area contributed by atoms with Gasteiger partial charge in [-0.25, -0.2) is 0 Å². The normalized spacial score (nSPS) is 54.7. The van der Waals surface area contributed by atoms with E-state index < -0.39 is 0 Å². The van der Waals surface area contributed by atoms with Crippen LogP contribution in [0, 0.1) is 17.8 Å². The summed E-state index contributed by atoms with van der Waals surface area (Å²) in [5.41, 5.74) is 0.401. The van der Waals surface area contributed by atoms with Gasteiger partial charge >= 0.3 is 0 Å². The SMILES string of the molecule is CC1CCCC2CC3(CCC12)CO3. The minimum atomic E-state index is 0.401. The molecule has 1 spiro atoms. The van der Waals surface area contributed by atoms with E-state index in [9.17, 15) is 0 Å². The number of rotatable bonds is 0. The van der Waals surface area contributed by atoms with Gasteiger partial charge in [0.05, 0.1) is 12.2 Å². The van der Waals surface area contributed by atoms with Crippen LogP contribution >= 0.6 is 0 Å². The molecule has 4 atom stereocenters. The first kappa shape index (κ1) is 8.28. The summed E-state index contributed by atoms with van der Waals surface area (Å²) in [4.78, 5) is 0. The molecule has 1 heteroatoms. The summed E-state index contributed by atoms with van der Waals surface area (Å²) in [5.74, 6) is 3.05. The summed E-state index contributed by atoms with van der Waals surface area (Å²) in [6.07, 6.45) is 8.64. The van der Waals surface area contributed by atoms with Crippen molar-refractivity contribution in [2.24, 2.45) is 17.8 Å². The lowest BCUT2D eigenvalue weighted by atomic mass is 9.63. The van der Waals surface area contributed by atoms with Crippen molar-refractivity contribution in [2.75, 3.05) is 6.61 Å². The van der Waals surface area contributed by atoms with Gasteiger partial charge in [-0.2, -0.15) is 0 Å². The fraction of sp³-hybridized carbons (Fsp3) is 1.00. The van der Waals surface area contributed by atoms with Gasteiger partial charge in [0, 0.05) is 0 Å². The topological polar surface area (TPSA) is 12.5 Å². The Morgan fingerprint density at radius 2 is 2.08 bits per heavy atom. The maximum absolute atomic E-state index is 5.62. The van der Waals surface area contributed by atoms with Crippen LogP contribution in [0.4, 0.5) is 0 Å². The fourth-order valence-corrected chi connectivity index (χ4v) is 3.74. The highest BCUT2D eigenvalue weighted by atomic mass is 16.6. The van der Waals surface area contributed by atoms with Crippen molar-refractivity contribution in [3.8, 4) is 0 Å². The van der Waals surface area contributed by atoms with Crippen molar-refractivity contribution in [1.82, 2.24) is 0 Å². The number of ether oxygens (including phenoxy) is 1. The third-order valence-corrected chi connectivity index (χ3v) is 4.69. The van der Waals surface area contributed by atoms with E-state index in [1.165, 1.54) is 38.5 Å². The van der Waals surface area contributed by atoms with Crippen LogP contribution in [0.15, 0.2) is 0 Å². The van der Waals surface area contributed by atoms with E-state index in [1.54, 1.807) is 0 Å². The predicted octanol–water partition coefficient (Wildman–Crippen LogP) is 2.99. The first-order chi connectivity index (χ1) is 6.29. The monoisotopic (exact) mass is 180 g/mol. The molecule has 74 valence electrons. The number of epoxide rings is 1. The van der Waals surface area contributed by atoms with Gasteiger partial charge < -0.3 is 4.74 Å². The molecule has 0 bridgehead atoms. The molecule has 1 heterocycles. The first-order valence-corrected chi connectivity index (χ1v) is 5.93. The molecule has 0 aromatic rings.